The van der Waals surface area contributed by atoms with Gasteiger partial charge in [-0.05, 0) is 62.1 Å². The first-order valence-corrected chi connectivity index (χ1v) is 11.7. The zero-order valence-electron chi connectivity index (χ0n) is 17.8. The molecule has 1 amide bonds. The van der Waals surface area contributed by atoms with Crippen LogP contribution in [0.3, 0.4) is 0 Å². The van der Waals surface area contributed by atoms with Gasteiger partial charge < -0.3 is 9.15 Å². The van der Waals surface area contributed by atoms with Gasteiger partial charge in [0.25, 0.3) is 0 Å². The standard InChI is InChI=1S/C27H18BrClN2O3/c28-22-12-17(15-30-31-27(32)25-14-19-7-2-4-11-24(19)34-25)13-23(29)26(22)33-16-20-9-5-8-18-6-1-3-10-21(18)20/h1-15H,16H2,(H,31,32)/b30-15+. The number of hydrazone groups is 1. The number of hydrogen-bond donors (Lipinski definition) is 1. The van der Waals surface area contributed by atoms with Crippen molar-refractivity contribution in [2.75, 3.05) is 0 Å². The summed E-state index contributed by atoms with van der Waals surface area (Å²) in [5, 5.41) is 7.60. The van der Waals surface area contributed by atoms with Crippen molar-refractivity contribution in [3.05, 3.63) is 111 Å². The first-order valence-electron chi connectivity index (χ1n) is 10.5. The zero-order chi connectivity index (χ0) is 23.5. The molecule has 0 aliphatic rings. The summed E-state index contributed by atoms with van der Waals surface area (Å²) in [5.41, 5.74) is 4.88. The monoisotopic (exact) mass is 532 g/mol. The van der Waals surface area contributed by atoms with Crippen molar-refractivity contribution in [2.45, 2.75) is 6.61 Å². The molecule has 1 aromatic heterocycles. The lowest BCUT2D eigenvalue weighted by Gasteiger charge is -2.12. The van der Waals surface area contributed by atoms with Crippen molar-refractivity contribution in [3.8, 4) is 5.75 Å². The van der Waals surface area contributed by atoms with Gasteiger partial charge in [-0.3, -0.25) is 4.79 Å². The molecule has 34 heavy (non-hydrogen) atoms. The van der Waals surface area contributed by atoms with Crippen molar-refractivity contribution in [3.63, 3.8) is 0 Å². The number of para-hydroxylation sites is 1. The van der Waals surface area contributed by atoms with Crippen LogP contribution in [0.2, 0.25) is 5.02 Å². The van der Waals surface area contributed by atoms with Gasteiger partial charge in [0, 0.05) is 5.39 Å². The third kappa shape index (κ3) is 4.69. The lowest BCUT2D eigenvalue weighted by Crippen LogP contribution is -2.16. The van der Waals surface area contributed by atoms with Crippen LogP contribution in [-0.2, 0) is 6.61 Å². The highest BCUT2D eigenvalue weighted by Crippen LogP contribution is 2.35. The average molecular weight is 534 g/mol. The number of ether oxygens (including phenoxy) is 1. The summed E-state index contributed by atoms with van der Waals surface area (Å²) >= 11 is 10.0. The fraction of sp³-hybridized carbons (Fsp3) is 0.0370. The van der Waals surface area contributed by atoms with E-state index in [2.05, 4.69) is 44.7 Å². The predicted molar refractivity (Wildman–Crippen MR) is 139 cm³/mol. The molecule has 0 atom stereocenters. The highest BCUT2D eigenvalue weighted by molar-refractivity contribution is 9.10. The Hall–Kier alpha value is -3.61. The van der Waals surface area contributed by atoms with Crippen LogP contribution in [0.5, 0.6) is 5.75 Å². The molecular formula is C27H18BrClN2O3. The van der Waals surface area contributed by atoms with Gasteiger partial charge in [-0.15, -0.1) is 0 Å². The molecular weight excluding hydrogens is 516 g/mol. The third-order valence-corrected chi connectivity index (χ3v) is 6.17. The van der Waals surface area contributed by atoms with Gasteiger partial charge >= 0.3 is 5.91 Å². The number of benzene rings is 4. The Balaban J connectivity index is 1.27. The molecule has 5 nitrogen and oxygen atoms in total. The molecule has 5 rings (SSSR count). The van der Waals surface area contributed by atoms with E-state index in [9.17, 15) is 4.79 Å². The lowest BCUT2D eigenvalue weighted by atomic mass is 10.1. The number of carbonyl (C=O) groups excluding carboxylic acids is 1. The highest BCUT2D eigenvalue weighted by atomic mass is 79.9. The smallest absolute Gasteiger partial charge is 0.307 e. The SMILES string of the molecule is O=C(N/N=C/c1cc(Cl)c(OCc2cccc3ccccc23)c(Br)c1)c1cc2ccccc2o1. The van der Waals surface area contributed by atoms with E-state index >= 15 is 0 Å². The molecule has 7 heteroatoms. The Morgan fingerprint density at radius 3 is 2.59 bits per heavy atom. The summed E-state index contributed by atoms with van der Waals surface area (Å²) in [7, 11) is 0. The van der Waals surface area contributed by atoms with Crippen LogP contribution in [0.15, 0.2) is 98.9 Å². The van der Waals surface area contributed by atoms with E-state index in [0.29, 0.717) is 33.0 Å². The summed E-state index contributed by atoms with van der Waals surface area (Å²) in [4.78, 5) is 12.3. The van der Waals surface area contributed by atoms with Gasteiger partial charge in [0.2, 0.25) is 0 Å². The van der Waals surface area contributed by atoms with Crippen LogP contribution in [0.25, 0.3) is 21.7 Å². The van der Waals surface area contributed by atoms with Gasteiger partial charge in [-0.1, -0.05) is 72.3 Å². The minimum Gasteiger partial charge on any atom is -0.486 e. The minimum absolute atomic E-state index is 0.190. The highest BCUT2D eigenvalue weighted by Gasteiger charge is 2.12. The van der Waals surface area contributed by atoms with Crippen molar-refractivity contribution in [1.82, 2.24) is 5.43 Å². The number of nitrogens with zero attached hydrogens (tertiary/aromatic N) is 1. The number of nitrogens with one attached hydrogen (secondary N) is 1. The largest absolute Gasteiger partial charge is 0.486 e. The van der Waals surface area contributed by atoms with E-state index < -0.39 is 5.91 Å². The van der Waals surface area contributed by atoms with E-state index in [1.54, 1.807) is 18.2 Å². The molecule has 0 spiro atoms. The van der Waals surface area contributed by atoms with Crippen molar-refractivity contribution < 1.29 is 13.9 Å². The normalized spacial score (nSPS) is 11.4. The quantitative estimate of drug-likeness (QED) is 0.183. The molecule has 0 aliphatic heterocycles. The molecule has 1 N–H and O–H groups in total. The van der Waals surface area contributed by atoms with E-state index in [1.165, 1.54) is 6.21 Å². The van der Waals surface area contributed by atoms with Crippen LogP contribution < -0.4 is 10.2 Å². The van der Waals surface area contributed by atoms with Crippen LogP contribution in [0.4, 0.5) is 0 Å². The first-order chi connectivity index (χ1) is 16.6. The molecule has 0 aliphatic carbocycles. The summed E-state index contributed by atoms with van der Waals surface area (Å²) in [6, 6.07) is 26.9. The molecule has 5 aromatic rings. The second-order valence-corrected chi connectivity index (χ2v) is 8.85. The number of rotatable bonds is 6. The number of furan rings is 1. The van der Waals surface area contributed by atoms with E-state index in [-0.39, 0.29) is 5.76 Å². The topological polar surface area (TPSA) is 63.8 Å². The Labute approximate surface area is 209 Å². The Morgan fingerprint density at radius 2 is 1.76 bits per heavy atom. The summed E-state index contributed by atoms with van der Waals surface area (Å²) < 4.78 is 12.3. The predicted octanol–water partition coefficient (Wildman–Crippen LogP) is 7.34. The van der Waals surface area contributed by atoms with Gasteiger partial charge in [-0.25, -0.2) is 5.43 Å². The molecule has 0 fully saturated rings. The number of amides is 1. The van der Waals surface area contributed by atoms with Crippen LogP contribution >= 0.6 is 27.5 Å². The second-order valence-electron chi connectivity index (χ2n) is 7.59. The van der Waals surface area contributed by atoms with Crippen molar-refractivity contribution in [2.24, 2.45) is 5.10 Å². The maximum absolute atomic E-state index is 12.3. The molecule has 1 heterocycles. The molecule has 168 valence electrons. The first kappa shape index (κ1) is 22.2. The number of halogens is 2. The minimum atomic E-state index is -0.437. The van der Waals surface area contributed by atoms with Crippen LogP contribution in [0, 0.1) is 0 Å². The number of fused-ring (bicyclic) bond motifs is 2. The van der Waals surface area contributed by atoms with E-state index in [1.807, 2.05) is 48.5 Å². The zero-order valence-corrected chi connectivity index (χ0v) is 20.1. The molecule has 0 unspecified atom stereocenters. The van der Waals surface area contributed by atoms with Crippen molar-refractivity contribution >= 4 is 61.4 Å². The maximum Gasteiger partial charge on any atom is 0.307 e. The summed E-state index contributed by atoms with van der Waals surface area (Å²) in [6.07, 6.45) is 1.51. The average Bonchev–Trinajstić information content (AvgIpc) is 3.28. The van der Waals surface area contributed by atoms with Crippen molar-refractivity contribution in [1.29, 1.82) is 0 Å². The Kier molecular flexibility index (Phi) is 6.34. The number of hydrogen-bond acceptors (Lipinski definition) is 4. The van der Waals surface area contributed by atoms with E-state index in [0.717, 1.165) is 21.7 Å². The lowest BCUT2D eigenvalue weighted by molar-refractivity contribution is 0.0929. The Bertz CT molecular complexity index is 1480. The summed E-state index contributed by atoms with van der Waals surface area (Å²) in [6.45, 7) is 0.376. The molecule has 0 radical (unpaired) electrons. The van der Waals surface area contributed by atoms with Crippen LogP contribution in [-0.4, -0.2) is 12.1 Å². The van der Waals surface area contributed by atoms with Gasteiger partial charge in [-0.2, -0.15) is 5.10 Å². The fourth-order valence-electron chi connectivity index (χ4n) is 3.67. The van der Waals surface area contributed by atoms with Crippen LogP contribution in [0.1, 0.15) is 21.7 Å². The van der Waals surface area contributed by atoms with Gasteiger partial charge in [0.05, 0.1) is 15.7 Å². The Morgan fingerprint density at radius 1 is 1.00 bits per heavy atom. The third-order valence-electron chi connectivity index (χ3n) is 5.30. The fourth-order valence-corrected chi connectivity index (χ4v) is 4.66. The second kappa shape index (κ2) is 9.71. The van der Waals surface area contributed by atoms with Gasteiger partial charge in [0.15, 0.2) is 11.5 Å². The number of carbonyl (C=O) groups is 1. The molecule has 4 aromatic carbocycles. The molecule has 0 bridgehead atoms. The molecule has 0 saturated carbocycles. The maximum atomic E-state index is 12.3. The van der Waals surface area contributed by atoms with Gasteiger partial charge in [0.1, 0.15) is 12.2 Å². The van der Waals surface area contributed by atoms with E-state index in [4.69, 9.17) is 20.8 Å². The summed E-state index contributed by atoms with van der Waals surface area (Å²) in [5.74, 6) is 0.292. The molecule has 0 saturated heterocycles.